The molecule has 0 radical (unpaired) electrons. The molecule has 0 amide bonds. The van der Waals surface area contributed by atoms with E-state index in [9.17, 15) is 10.2 Å². The third-order valence-electron chi connectivity index (χ3n) is 3.73. The molecule has 0 heterocycles. The Morgan fingerprint density at radius 3 is 2.76 bits per heavy atom. The van der Waals surface area contributed by atoms with Crippen LogP contribution in [0.3, 0.4) is 0 Å². The predicted molar refractivity (Wildman–Crippen MR) is 71.7 cm³/mol. The van der Waals surface area contributed by atoms with Crippen molar-refractivity contribution < 1.29 is 10.2 Å². The average Bonchev–Trinajstić information content (AvgIpc) is 2.28. The van der Waals surface area contributed by atoms with Crippen LogP contribution in [0, 0.1) is 5.41 Å². The van der Waals surface area contributed by atoms with E-state index in [2.05, 4.69) is 20.4 Å². The first-order valence-corrected chi connectivity index (χ1v) is 6.24. The van der Waals surface area contributed by atoms with Gasteiger partial charge < -0.3 is 10.2 Å². The summed E-state index contributed by atoms with van der Waals surface area (Å²) >= 11 is 0. The van der Waals surface area contributed by atoms with Gasteiger partial charge in [0.15, 0.2) is 0 Å². The highest BCUT2D eigenvalue weighted by atomic mass is 16.3. The Kier molecular flexibility index (Phi) is 4.72. The quantitative estimate of drug-likeness (QED) is 0.737. The van der Waals surface area contributed by atoms with E-state index >= 15 is 0 Å². The van der Waals surface area contributed by atoms with Crippen molar-refractivity contribution in [3.63, 3.8) is 0 Å². The van der Waals surface area contributed by atoms with Crippen molar-refractivity contribution in [2.45, 2.75) is 52.2 Å². The van der Waals surface area contributed by atoms with E-state index < -0.39 is 6.10 Å². The van der Waals surface area contributed by atoms with E-state index in [-0.39, 0.29) is 11.5 Å². The van der Waals surface area contributed by atoms with E-state index in [1.807, 2.05) is 13.0 Å². The van der Waals surface area contributed by atoms with Gasteiger partial charge in [0.1, 0.15) is 0 Å². The lowest BCUT2D eigenvalue weighted by atomic mass is 9.70. The van der Waals surface area contributed by atoms with Gasteiger partial charge >= 0.3 is 0 Å². The summed E-state index contributed by atoms with van der Waals surface area (Å²) in [7, 11) is 0. The summed E-state index contributed by atoms with van der Waals surface area (Å²) in [6.45, 7) is 9.98. The SMILES string of the molecule is C=CC(O)C=CCC1=C(C)C(O)CCC1(C)C. The number of aliphatic hydroxyl groups is 2. The molecule has 0 fully saturated rings. The first kappa shape index (κ1) is 14.2. The second kappa shape index (κ2) is 5.65. The predicted octanol–water partition coefficient (Wildman–Crippen LogP) is 2.98. The molecule has 17 heavy (non-hydrogen) atoms. The second-order valence-corrected chi connectivity index (χ2v) is 5.46. The molecule has 0 aromatic rings. The fraction of sp³-hybridized carbons (Fsp3) is 0.600. The van der Waals surface area contributed by atoms with Gasteiger partial charge in [-0.25, -0.2) is 0 Å². The van der Waals surface area contributed by atoms with Crippen LogP contribution in [0.2, 0.25) is 0 Å². The van der Waals surface area contributed by atoms with Gasteiger partial charge in [-0.1, -0.05) is 37.6 Å². The zero-order chi connectivity index (χ0) is 13.1. The average molecular weight is 236 g/mol. The van der Waals surface area contributed by atoms with Crippen LogP contribution < -0.4 is 0 Å². The van der Waals surface area contributed by atoms with Gasteiger partial charge in [-0.05, 0) is 37.2 Å². The van der Waals surface area contributed by atoms with Gasteiger partial charge in [-0.15, -0.1) is 6.58 Å². The smallest absolute Gasteiger partial charge is 0.0900 e. The maximum absolute atomic E-state index is 9.89. The summed E-state index contributed by atoms with van der Waals surface area (Å²) in [5.41, 5.74) is 2.54. The zero-order valence-corrected chi connectivity index (χ0v) is 11.1. The Balaban J connectivity index is 2.81. The molecular weight excluding hydrogens is 212 g/mol. The first-order valence-electron chi connectivity index (χ1n) is 6.24. The molecule has 96 valence electrons. The highest BCUT2D eigenvalue weighted by Gasteiger charge is 2.31. The molecule has 1 aliphatic rings. The van der Waals surface area contributed by atoms with Crippen LogP contribution >= 0.6 is 0 Å². The van der Waals surface area contributed by atoms with Crippen molar-refractivity contribution >= 4 is 0 Å². The van der Waals surface area contributed by atoms with E-state index in [1.165, 1.54) is 11.6 Å². The summed E-state index contributed by atoms with van der Waals surface area (Å²) in [5, 5.41) is 19.3. The lowest BCUT2D eigenvalue weighted by Crippen LogP contribution is -2.27. The van der Waals surface area contributed by atoms with E-state index in [4.69, 9.17) is 0 Å². The molecule has 1 aliphatic carbocycles. The van der Waals surface area contributed by atoms with Crippen LogP contribution in [-0.2, 0) is 0 Å². The molecule has 0 saturated carbocycles. The van der Waals surface area contributed by atoms with E-state index in [0.29, 0.717) is 0 Å². The van der Waals surface area contributed by atoms with Crippen molar-refractivity contribution in [3.05, 3.63) is 36.0 Å². The minimum atomic E-state index is -0.576. The standard InChI is InChI=1S/C15H24O2/c1-5-12(16)7-6-8-13-11(2)14(17)9-10-15(13,3)4/h5-7,12,14,16-17H,1,8-10H2,2-4H3. The number of aliphatic hydroxyl groups excluding tert-OH is 2. The molecule has 2 atom stereocenters. The lowest BCUT2D eigenvalue weighted by molar-refractivity contribution is 0.159. The summed E-state index contributed by atoms with van der Waals surface area (Å²) in [6.07, 6.45) is 6.98. The van der Waals surface area contributed by atoms with Crippen LogP contribution in [0.4, 0.5) is 0 Å². The number of hydrogen-bond acceptors (Lipinski definition) is 2. The summed E-state index contributed by atoms with van der Waals surface area (Å²) in [4.78, 5) is 0. The number of hydrogen-bond donors (Lipinski definition) is 2. The fourth-order valence-corrected chi connectivity index (χ4v) is 2.44. The highest BCUT2D eigenvalue weighted by Crippen LogP contribution is 2.41. The molecule has 0 aromatic carbocycles. The Bertz CT molecular complexity index is 337. The molecule has 0 saturated heterocycles. The maximum Gasteiger partial charge on any atom is 0.0900 e. The molecule has 2 unspecified atom stereocenters. The minimum absolute atomic E-state index is 0.146. The maximum atomic E-state index is 9.89. The van der Waals surface area contributed by atoms with Crippen molar-refractivity contribution in [2.75, 3.05) is 0 Å². The summed E-state index contributed by atoms with van der Waals surface area (Å²) < 4.78 is 0. The van der Waals surface area contributed by atoms with Gasteiger partial charge in [-0.2, -0.15) is 0 Å². The highest BCUT2D eigenvalue weighted by molar-refractivity contribution is 5.27. The number of rotatable bonds is 4. The molecule has 0 spiro atoms. The van der Waals surface area contributed by atoms with Crippen LogP contribution in [0.5, 0.6) is 0 Å². The summed E-state index contributed by atoms with van der Waals surface area (Å²) in [6, 6.07) is 0. The lowest BCUT2D eigenvalue weighted by Gasteiger charge is -2.36. The van der Waals surface area contributed by atoms with Gasteiger partial charge in [-0.3, -0.25) is 0 Å². The molecule has 1 rings (SSSR count). The minimum Gasteiger partial charge on any atom is -0.389 e. The van der Waals surface area contributed by atoms with E-state index in [0.717, 1.165) is 24.8 Å². The molecule has 0 bridgehead atoms. The largest absolute Gasteiger partial charge is 0.389 e. The first-order chi connectivity index (χ1) is 7.88. The fourth-order valence-electron chi connectivity index (χ4n) is 2.44. The second-order valence-electron chi connectivity index (χ2n) is 5.46. The zero-order valence-electron chi connectivity index (χ0n) is 11.1. The third-order valence-corrected chi connectivity index (χ3v) is 3.73. The van der Waals surface area contributed by atoms with Crippen molar-refractivity contribution in [1.29, 1.82) is 0 Å². The molecule has 2 N–H and O–H groups in total. The van der Waals surface area contributed by atoms with Crippen molar-refractivity contribution in [1.82, 2.24) is 0 Å². The van der Waals surface area contributed by atoms with Gasteiger partial charge in [0.05, 0.1) is 12.2 Å². The third kappa shape index (κ3) is 3.55. The number of allylic oxidation sites excluding steroid dienone is 2. The Morgan fingerprint density at radius 1 is 1.53 bits per heavy atom. The molecule has 2 nitrogen and oxygen atoms in total. The van der Waals surface area contributed by atoms with Gasteiger partial charge in [0.2, 0.25) is 0 Å². The topological polar surface area (TPSA) is 40.5 Å². The Labute approximate surface area is 104 Å². The Morgan fingerprint density at radius 2 is 2.18 bits per heavy atom. The van der Waals surface area contributed by atoms with Crippen LogP contribution in [0.15, 0.2) is 36.0 Å². The van der Waals surface area contributed by atoms with Crippen molar-refractivity contribution in [2.24, 2.45) is 5.41 Å². The summed E-state index contributed by atoms with van der Waals surface area (Å²) in [5.74, 6) is 0. The molecule has 0 aromatic heterocycles. The molecule has 2 heteroatoms. The van der Waals surface area contributed by atoms with Gasteiger partial charge in [0, 0.05) is 0 Å². The normalized spacial score (nSPS) is 26.3. The van der Waals surface area contributed by atoms with Crippen LogP contribution in [-0.4, -0.2) is 22.4 Å². The Hall–Kier alpha value is -0.860. The van der Waals surface area contributed by atoms with E-state index in [1.54, 1.807) is 6.08 Å². The monoisotopic (exact) mass is 236 g/mol. The molecule has 0 aliphatic heterocycles. The van der Waals surface area contributed by atoms with Crippen molar-refractivity contribution in [3.8, 4) is 0 Å². The van der Waals surface area contributed by atoms with Crippen LogP contribution in [0.1, 0.15) is 40.0 Å². The molecular formula is C15H24O2. The van der Waals surface area contributed by atoms with Gasteiger partial charge in [0.25, 0.3) is 0 Å². The van der Waals surface area contributed by atoms with Crippen LogP contribution in [0.25, 0.3) is 0 Å².